The second-order valence-electron chi connectivity index (χ2n) is 14.2. The van der Waals surface area contributed by atoms with Gasteiger partial charge in [0.25, 0.3) is 0 Å². The Hall–Kier alpha value is -1.37. The van der Waals surface area contributed by atoms with E-state index in [0.29, 0.717) is 12.8 Å². The van der Waals surface area contributed by atoms with Crippen molar-refractivity contribution in [2.45, 2.75) is 225 Å². The van der Waals surface area contributed by atoms with Gasteiger partial charge in [0.05, 0.1) is 6.61 Å². The molecule has 0 aliphatic heterocycles. The number of carbonyl (C=O) groups is 3. The standard InChI is InChI=1S/C41H76O6/c1-4-6-8-10-12-14-16-18-20-22-24-26-28-30-32-34-38(44)40(46,36-42)41(47,37(3)43)39(45)35-33-31-29-27-25-23-21-19-17-15-13-11-9-7-5-2/h19,21,42,46-47H,4-18,20,22-36H2,1-3H3/b21-19-. The monoisotopic (exact) mass is 665 g/mol. The fourth-order valence-corrected chi connectivity index (χ4v) is 6.52. The second-order valence-corrected chi connectivity index (χ2v) is 14.2. The van der Waals surface area contributed by atoms with Crippen molar-refractivity contribution < 1.29 is 29.7 Å². The maximum absolute atomic E-state index is 13.1. The fourth-order valence-electron chi connectivity index (χ4n) is 6.52. The van der Waals surface area contributed by atoms with Gasteiger partial charge >= 0.3 is 0 Å². The lowest BCUT2D eigenvalue weighted by atomic mass is 9.72. The summed E-state index contributed by atoms with van der Waals surface area (Å²) in [5.41, 5.74) is -5.73. The molecule has 0 amide bonds. The minimum Gasteiger partial charge on any atom is -0.393 e. The van der Waals surface area contributed by atoms with Crippen LogP contribution in [0, 0.1) is 0 Å². The average molecular weight is 665 g/mol. The van der Waals surface area contributed by atoms with Crippen LogP contribution in [0.4, 0.5) is 0 Å². The topological polar surface area (TPSA) is 112 Å². The van der Waals surface area contributed by atoms with Crippen LogP contribution in [-0.4, -0.2) is 50.5 Å². The molecule has 6 nitrogen and oxygen atoms in total. The summed E-state index contributed by atoms with van der Waals surface area (Å²) in [6.07, 6.45) is 36.4. The number of hydrogen-bond acceptors (Lipinski definition) is 6. The third kappa shape index (κ3) is 20.7. The van der Waals surface area contributed by atoms with Crippen LogP contribution in [0.25, 0.3) is 0 Å². The Kier molecular flexibility index (Phi) is 29.8. The Balaban J connectivity index is 4.26. The fraction of sp³-hybridized carbons (Fsp3) is 0.878. The van der Waals surface area contributed by atoms with Gasteiger partial charge in [-0.3, -0.25) is 14.4 Å². The normalized spacial score (nSPS) is 14.3. The summed E-state index contributed by atoms with van der Waals surface area (Å²) in [5, 5.41) is 32.2. The number of hydrogen-bond donors (Lipinski definition) is 3. The number of Topliss-reactive ketones (excluding diaryl/α,β-unsaturated/α-hetero) is 3. The quantitative estimate of drug-likeness (QED) is 0.0349. The first kappa shape index (κ1) is 45.6. The van der Waals surface area contributed by atoms with Crippen LogP contribution in [0.1, 0.15) is 213 Å². The van der Waals surface area contributed by atoms with Gasteiger partial charge in [-0.1, -0.05) is 167 Å². The third-order valence-electron chi connectivity index (χ3n) is 9.87. The van der Waals surface area contributed by atoms with Gasteiger partial charge in [-0.25, -0.2) is 0 Å². The van der Waals surface area contributed by atoms with E-state index < -0.39 is 35.2 Å². The van der Waals surface area contributed by atoms with Crippen molar-refractivity contribution in [1.82, 2.24) is 0 Å². The number of aliphatic hydroxyl groups is 3. The van der Waals surface area contributed by atoms with Crippen LogP contribution in [0.3, 0.4) is 0 Å². The summed E-state index contributed by atoms with van der Waals surface area (Å²) in [7, 11) is 0. The Morgan fingerprint density at radius 2 is 0.766 bits per heavy atom. The number of allylic oxidation sites excluding steroid dienone is 2. The number of ketones is 3. The molecule has 0 aromatic carbocycles. The van der Waals surface area contributed by atoms with E-state index in [2.05, 4.69) is 26.0 Å². The second kappa shape index (κ2) is 30.7. The zero-order valence-electron chi connectivity index (χ0n) is 31.1. The van der Waals surface area contributed by atoms with E-state index in [1.807, 2.05) is 0 Å². The SMILES string of the molecule is CCCCCCCC/C=C\CCCCCCCC(=O)C(O)(C(C)=O)C(O)(CO)C(=O)CCCCCCCCCCCCCCCCC. The van der Waals surface area contributed by atoms with Crippen molar-refractivity contribution in [3.8, 4) is 0 Å². The molecule has 0 rings (SSSR count). The molecule has 2 unspecified atom stereocenters. The molecule has 0 heterocycles. The van der Waals surface area contributed by atoms with Gasteiger partial charge in [-0.05, 0) is 45.4 Å². The highest BCUT2D eigenvalue weighted by atomic mass is 16.4. The summed E-state index contributed by atoms with van der Waals surface area (Å²) >= 11 is 0. The molecule has 0 aliphatic carbocycles. The van der Waals surface area contributed by atoms with Crippen molar-refractivity contribution in [3.05, 3.63) is 12.2 Å². The molecule has 0 saturated heterocycles. The molecule has 0 bridgehead atoms. The first-order valence-corrected chi connectivity index (χ1v) is 20.0. The average Bonchev–Trinajstić information content (AvgIpc) is 3.06. The zero-order chi connectivity index (χ0) is 35.1. The number of carbonyl (C=O) groups excluding carboxylic acids is 3. The molecule has 0 aliphatic rings. The van der Waals surface area contributed by atoms with Crippen molar-refractivity contribution in [2.24, 2.45) is 0 Å². The van der Waals surface area contributed by atoms with E-state index in [-0.39, 0.29) is 12.8 Å². The highest BCUT2D eigenvalue weighted by Crippen LogP contribution is 2.30. The lowest BCUT2D eigenvalue weighted by Crippen LogP contribution is -2.69. The minimum absolute atomic E-state index is 0.0917. The Morgan fingerprint density at radius 3 is 1.09 bits per heavy atom. The van der Waals surface area contributed by atoms with Crippen LogP contribution in [0.5, 0.6) is 0 Å². The molecular weight excluding hydrogens is 588 g/mol. The zero-order valence-corrected chi connectivity index (χ0v) is 31.1. The Morgan fingerprint density at radius 1 is 0.468 bits per heavy atom. The molecule has 0 spiro atoms. The maximum atomic E-state index is 13.1. The van der Waals surface area contributed by atoms with Crippen LogP contribution in [0.2, 0.25) is 0 Å². The minimum atomic E-state index is -2.92. The number of rotatable bonds is 36. The van der Waals surface area contributed by atoms with Crippen LogP contribution >= 0.6 is 0 Å². The highest BCUT2D eigenvalue weighted by Gasteiger charge is 2.61. The Labute approximate surface area is 290 Å². The first-order chi connectivity index (χ1) is 22.7. The van der Waals surface area contributed by atoms with E-state index in [0.717, 1.165) is 64.7 Å². The predicted octanol–water partition coefficient (Wildman–Crippen LogP) is 10.5. The smallest absolute Gasteiger partial charge is 0.219 e. The third-order valence-corrected chi connectivity index (χ3v) is 9.87. The molecule has 0 radical (unpaired) electrons. The molecule has 2 atom stereocenters. The molecule has 3 N–H and O–H groups in total. The summed E-state index contributed by atoms with van der Waals surface area (Å²) in [6, 6.07) is 0. The largest absolute Gasteiger partial charge is 0.393 e. The van der Waals surface area contributed by atoms with Gasteiger partial charge in [-0.2, -0.15) is 0 Å². The Bertz CT molecular complexity index is 808. The highest BCUT2D eigenvalue weighted by molar-refractivity contribution is 6.15. The van der Waals surface area contributed by atoms with Crippen LogP contribution in [0.15, 0.2) is 12.2 Å². The molecule has 47 heavy (non-hydrogen) atoms. The van der Waals surface area contributed by atoms with Gasteiger partial charge in [0.15, 0.2) is 23.0 Å². The van der Waals surface area contributed by atoms with Crippen LogP contribution in [-0.2, 0) is 14.4 Å². The first-order valence-electron chi connectivity index (χ1n) is 20.0. The summed E-state index contributed by atoms with van der Waals surface area (Å²) in [5.74, 6) is -2.73. The van der Waals surface area contributed by atoms with E-state index in [9.17, 15) is 29.7 Å². The molecule has 0 aromatic rings. The number of unbranched alkanes of at least 4 members (excludes halogenated alkanes) is 25. The molecule has 6 heteroatoms. The van der Waals surface area contributed by atoms with Gasteiger partial charge < -0.3 is 15.3 Å². The lowest BCUT2D eigenvalue weighted by molar-refractivity contribution is -0.193. The summed E-state index contributed by atoms with van der Waals surface area (Å²) in [6.45, 7) is 4.32. The van der Waals surface area contributed by atoms with Crippen molar-refractivity contribution in [1.29, 1.82) is 0 Å². The van der Waals surface area contributed by atoms with Gasteiger partial charge in [0.2, 0.25) is 5.60 Å². The lowest BCUT2D eigenvalue weighted by Gasteiger charge is -2.38. The van der Waals surface area contributed by atoms with Crippen molar-refractivity contribution in [2.75, 3.05) is 6.61 Å². The maximum Gasteiger partial charge on any atom is 0.219 e. The summed E-state index contributed by atoms with van der Waals surface area (Å²) < 4.78 is 0. The number of aliphatic hydroxyl groups excluding tert-OH is 1. The molecule has 0 aromatic heterocycles. The van der Waals surface area contributed by atoms with Crippen molar-refractivity contribution >= 4 is 17.3 Å². The van der Waals surface area contributed by atoms with Crippen molar-refractivity contribution in [3.63, 3.8) is 0 Å². The van der Waals surface area contributed by atoms with Crippen LogP contribution < -0.4 is 0 Å². The molecule has 0 fully saturated rings. The van der Waals surface area contributed by atoms with E-state index in [4.69, 9.17) is 0 Å². The van der Waals surface area contributed by atoms with E-state index in [1.54, 1.807) is 0 Å². The van der Waals surface area contributed by atoms with Gasteiger partial charge in [-0.15, -0.1) is 0 Å². The molecule has 276 valence electrons. The summed E-state index contributed by atoms with van der Waals surface area (Å²) in [4.78, 5) is 38.6. The van der Waals surface area contributed by atoms with Gasteiger partial charge in [0.1, 0.15) is 0 Å². The van der Waals surface area contributed by atoms with E-state index >= 15 is 0 Å². The van der Waals surface area contributed by atoms with E-state index in [1.165, 1.54) is 109 Å². The van der Waals surface area contributed by atoms with Gasteiger partial charge in [0, 0.05) is 12.8 Å². The molecule has 0 saturated carbocycles. The molecular formula is C41H76O6. The predicted molar refractivity (Wildman–Crippen MR) is 197 cm³/mol.